The minimum atomic E-state index is -0.161. The first-order valence-corrected chi connectivity index (χ1v) is 12.6. The highest BCUT2D eigenvalue weighted by Crippen LogP contribution is 2.41. The third-order valence-corrected chi connectivity index (χ3v) is 8.36. The summed E-state index contributed by atoms with van der Waals surface area (Å²) >= 11 is 2.85. The van der Waals surface area contributed by atoms with Crippen molar-refractivity contribution in [3.05, 3.63) is 48.0 Å². The van der Waals surface area contributed by atoms with Gasteiger partial charge >= 0.3 is 0 Å². The van der Waals surface area contributed by atoms with Crippen molar-refractivity contribution in [1.29, 1.82) is 0 Å². The highest BCUT2D eigenvalue weighted by Gasteiger charge is 2.48. The second-order valence-electron chi connectivity index (χ2n) is 8.29. The lowest BCUT2D eigenvalue weighted by Gasteiger charge is -2.19. The molecular weight excluding hydrogens is 442 g/mol. The van der Waals surface area contributed by atoms with Gasteiger partial charge in [0.25, 0.3) is 0 Å². The number of nitrogens with one attached hydrogen (secondary N) is 1. The van der Waals surface area contributed by atoms with Gasteiger partial charge in [0.15, 0.2) is 4.34 Å². The lowest BCUT2D eigenvalue weighted by atomic mass is 9.81. The fraction of sp³-hybridized carbons (Fsp3) is 0.333. The van der Waals surface area contributed by atoms with Crippen LogP contribution in [0.15, 0.2) is 46.8 Å². The number of thiazole rings is 1. The maximum Gasteiger partial charge on any atom is 0.237 e. The Balaban J connectivity index is 1.29. The Morgan fingerprint density at radius 3 is 2.56 bits per heavy atom. The van der Waals surface area contributed by atoms with Crippen molar-refractivity contribution < 1.29 is 14.4 Å². The van der Waals surface area contributed by atoms with Crippen molar-refractivity contribution in [2.45, 2.75) is 36.9 Å². The molecule has 0 spiro atoms. The van der Waals surface area contributed by atoms with Crippen LogP contribution >= 0.6 is 23.1 Å². The predicted molar refractivity (Wildman–Crippen MR) is 128 cm³/mol. The van der Waals surface area contributed by atoms with E-state index >= 15 is 0 Å². The van der Waals surface area contributed by atoms with Crippen LogP contribution < -0.4 is 10.2 Å². The quantitative estimate of drug-likeness (QED) is 0.423. The van der Waals surface area contributed by atoms with E-state index < -0.39 is 0 Å². The monoisotopic (exact) mass is 465 g/mol. The second kappa shape index (κ2) is 8.67. The molecule has 164 valence electrons. The molecule has 3 aromatic rings. The van der Waals surface area contributed by atoms with E-state index in [0.717, 1.165) is 51.5 Å². The Morgan fingerprint density at radius 2 is 1.84 bits per heavy atom. The van der Waals surface area contributed by atoms with Crippen molar-refractivity contribution in [1.82, 2.24) is 4.98 Å². The van der Waals surface area contributed by atoms with Crippen LogP contribution in [0.4, 0.5) is 11.4 Å². The summed E-state index contributed by atoms with van der Waals surface area (Å²) in [6.45, 7) is 1.96. The predicted octanol–water partition coefficient (Wildman–Crippen LogP) is 5.02. The van der Waals surface area contributed by atoms with Crippen LogP contribution in [0.5, 0.6) is 0 Å². The third kappa shape index (κ3) is 3.93. The number of carbonyl (C=O) groups excluding carboxylic acids is 3. The fourth-order valence-corrected chi connectivity index (χ4v) is 6.44. The molecule has 2 fully saturated rings. The smallest absolute Gasteiger partial charge is 0.237 e. The molecule has 2 atom stereocenters. The first-order chi connectivity index (χ1) is 15.5. The van der Waals surface area contributed by atoms with Crippen LogP contribution in [0.2, 0.25) is 0 Å². The second-order valence-corrected chi connectivity index (χ2v) is 10.5. The molecule has 8 heteroatoms. The molecule has 5 rings (SSSR count). The van der Waals surface area contributed by atoms with Gasteiger partial charge in [0, 0.05) is 5.69 Å². The van der Waals surface area contributed by atoms with Crippen LogP contribution in [-0.2, 0) is 14.4 Å². The summed E-state index contributed by atoms with van der Waals surface area (Å²) in [4.78, 5) is 44.1. The summed E-state index contributed by atoms with van der Waals surface area (Å²) in [6, 6.07) is 13.2. The normalized spacial score (nSPS) is 20.6. The molecule has 0 radical (unpaired) electrons. The van der Waals surface area contributed by atoms with Gasteiger partial charge in [-0.2, -0.15) is 0 Å². The topological polar surface area (TPSA) is 79.4 Å². The van der Waals surface area contributed by atoms with Crippen LogP contribution in [-0.4, -0.2) is 28.5 Å². The number of aryl methyl sites for hydroxylation is 1. The van der Waals surface area contributed by atoms with E-state index in [2.05, 4.69) is 10.3 Å². The van der Waals surface area contributed by atoms with Crippen molar-refractivity contribution in [2.24, 2.45) is 11.8 Å². The van der Waals surface area contributed by atoms with E-state index in [1.807, 2.05) is 43.3 Å². The van der Waals surface area contributed by atoms with Crippen LogP contribution in [0.3, 0.4) is 0 Å². The number of imide groups is 1. The summed E-state index contributed by atoms with van der Waals surface area (Å²) in [7, 11) is 0. The zero-order valence-corrected chi connectivity index (χ0v) is 19.3. The first-order valence-electron chi connectivity index (χ1n) is 10.8. The van der Waals surface area contributed by atoms with Gasteiger partial charge in [-0.15, -0.1) is 11.3 Å². The Morgan fingerprint density at radius 1 is 1.12 bits per heavy atom. The van der Waals surface area contributed by atoms with Gasteiger partial charge in [0.2, 0.25) is 17.7 Å². The SMILES string of the molecule is Cc1ccccc1NC(=O)CSc1nc2ccc(N3C(=O)[C@@H]4CCCC[C@H]4C3=O)cc2s1. The standard InChI is InChI=1S/C24H23N3O3S2/c1-14-6-2-5-9-18(14)25-21(28)13-31-24-26-19-11-10-15(12-20(19)32-24)27-22(29)16-7-3-4-8-17(16)23(27)30/h2,5-6,9-12,16-17H,3-4,7-8,13H2,1H3,(H,25,28)/t16-,17-/m1/s1. The summed E-state index contributed by atoms with van der Waals surface area (Å²) < 4.78 is 1.68. The minimum absolute atomic E-state index is 0.0639. The number of benzene rings is 2. The molecule has 6 nitrogen and oxygen atoms in total. The number of carbonyl (C=O) groups is 3. The number of fused-ring (bicyclic) bond motifs is 2. The number of thioether (sulfide) groups is 1. The fourth-order valence-electron chi connectivity index (χ4n) is 4.54. The number of rotatable bonds is 5. The zero-order chi connectivity index (χ0) is 22.2. The largest absolute Gasteiger partial charge is 0.325 e. The van der Waals surface area contributed by atoms with Crippen LogP contribution in [0.25, 0.3) is 10.2 Å². The molecule has 1 aliphatic heterocycles. The van der Waals surface area contributed by atoms with Gasteiger partial charge in [0.05, 0.1) is 33.5 Å². The van der Waals surface area contributed by atoms with Gasteiger partial charge in [-0.05, 0) is 49.6 Å². The van der Waals surface area contributed by atoms with Gasteiger partial charge in [-0.3, -0.25) is 19.3 Å². The van der Waals surface area contributed by atoms with Crippen molar-refractivity contribution in [3.63, 3.8) is 0 Å². The van der Waals surface area contributed by atoms with E-state index in [0.29, 0.717) is 5.69 Å². The van der Waals surface area contributed by atoms with Gasteiger partial charge in [0.1, 0.15) is 0 Å². The Kier molecular flexibility index (Phi) is 5.73. The maximum absolute atomic E-state index is 12.9. The number of para-hydroxylation sites is 1. The molecule has 2 aromatic carbocycles. The molecule has 1 N–H and O–H groups in total. The van der Waals surface area contributed by atoms with Gasteiger partial charge in [-0.1, -0.05) is 42.8 Å². The molecular formula is C24H23N3O3S2. The van der Waals surface area contributed by atoms with Crippen molar-refractivity contribution in [2.75, 3.05) is 16.0 Å². The number of aromatic nitrogens is 1. The van der Waals surface area contributed by atoms with E-state index in [1.165, 1.54) is 28.0 Å². The Labute approximate surface area is 194 Å². The van der Waals surface area contributed by atoms with Crippen LogP contribution in [0, 0.1) is 18.8 Å². The molecule has 1 saturated heterocycles. The number of hydrogen-bond donors (Lipinski definition) is 1. The molecule has 1 saturated carbocycles. The Bertz CT molecular complexity index is 1200. The summed E-state index contributed by atoms with van der Waals surface area (Å²) in [5.41, 5.74) is 3.26. The van der Waals surface area contributed by atoms with E-state index in [-0.39, 0.29) is 35.3 Å². The molecule has 2 aliphatic rings. The van der Waals surface area contributed by atoms with Gasteiger partial charge in [-0.25, -0.2) is 4.98 Å². The van der Waals surface area contributed by atoms with E-state index in [9.17, 15) is 14.4 Å². The van der Waals surface area contributed by atoms with Crippen molar-refractivity contribution >= 4 is 62.4 Å². The number of amides is 3. The summed E-state index contributed by atoms with van der Waals surface area (Å²) in [5, 5.41) is 2.93. The van der Waals surface area contributed by atoms with Crippen molar-refractivity contribution in [3.8, 4) is 0 Å². The minimum Gasteiger partial charge on any atom is -0.325 e. The number of nitrogens with zero attached hydrogens (tertiary/aromatic N) is 2. The molecule has 0 unspecified atom stereocenters. The molecule has 32 heavy (non-hydrogen) atoms. The highest BCUT2D eigenvalue weighted by atomic mass is 32.2. The molecule has 1 aromatic heterocycles. The molecule has 1 aliphatic carbocycles. The first kappa shape index (κ1) is 21.2. The maximum atomic E-state index is 12.9. The van der Waals surface area contributed by atoms with Gasteiger partial charge < -0.3 is 5.32 Å². The molecule has 0 bridgehead atoms. The lowest BCUT2D eigenvalue weighted by molar-refractivity contribution is -0.122. The van der Waals surface area contributed by atoms with E-state index in [1.54, 1.807) is 6.07 Å². The number of hydrogen-bond acceptors (Lipinski definition) is 6. The Hall–Kier alpha value is -2.71. The molecule has 2 heterocycles. The molecule has 3 amide bonds. The van der Waals surface area contributed by atoms with E-state index in [4.69, 9.17) is 0 Å². The highest BCUT2D eigenvalue weighted by molar-refractivity contribution is 8.01. The van der Waals surface area contributed by atoms with Crippen LogP contribution in [0.1, 0.15) is 31.2 Å². The summed E-state index contributed by atoms with van der Waals surface area (Å²) in [6.07, 6.45) is 3.64. The summed E-state index contributed by atoms with van der Waals surface area (Å²) in [5.74, 6) is -0.275. The third-order valence-electron chi connectivity index (χ3n) is 6.20. The zero-order valence-electron chi connectivity index (χ0n) is 17.7. The number of anilines is 2. The average Bonchev–Trinajstić information content (AvgIpc) is 3.32. The average molecular weight is 466 g/mol. The lowest BCUT2D eigenvalue weighted by Crippen LogP contribution is -2.30.